The van der Waals surface area contributed by atoms with Gasteiger partial charge >= 0.3 is 6.03 Å². The Bertz CT molecular complexity index is 1300. The fourth-order valence-corrected chi connectivity index (χ4v) is 4.96. The smallest absolute Gasteiger partial charge is 0.319 e. The molecule has 4 aromatic carbocycles. The van der Waals surface area contributed by atoms with Gasteiger partial charge in [0.25, 0.3) is 0 Å². The summed E-state index contributed by atoms with van der Waals surface area (Å²) in [7, 11) is -1.46. The lowest BCUT2D eigenvalue weighted by atomic mass is 10.1. The third-order valence-electron chi connectivity index (χ3n) is 4.90. The molecule has 1 unspecified atom stereocenters. The van der Waals surface area contributed by atoms with Gasteiger partial charge in [0.2, 0.25) is 0 Å². The van der Waals surface area contributed by atoms with E-state index in [4.69, 9.17) is 23.2 Å². The highest BCUT2D eigenvalue weighted by Crippen LogP contribution is 2.27. The van der Waals surface area contributed by atoms with Crippen LogP contribution in [0, 0.1) is 0 Å². The molecule has 0 spiro atoms. The number of hydrogen-bond acceptors (Lipinski definition) is 2. The summed E-state index contributed by atoms with van der Waals surface area (Å²) in [5.74, 6) is 0. The molecule has 9 heteroatoms. The van der Waals surface area contributed by atoms with E-state index in [2.05, 4.69) is 15.4 Å². The van der Waals surface area contributed by atoms with E-state index in [0.29, 0.717) is 26.3 Å². The molecular formula is C26H23Cl2N3O3S. The first-order valence-corrected chi connectivity index (χ1v) is 12.3. The van der Waals surface area contributed by atoms with Gasteiger partial charge in [-0.3, -0.25) is 0 Å². The Balaban J connectivity index is 0.00000342. The quantitative estimate of drug-likeness (QED) is 0.263. The van der Waals surface area contributed by atoms with Crippen LogP contribution >= 0.6 is 23.2 Å². The molecule has 0 fully saturated rings. The van der Waals surface area contributed by atoms with Crippen LogP contribution in [0.5, 0.6) is 0 Å². The van der Waals surface area contributed by atoms with Gasteiger partial charge in [-0.15, -0.1) is 0 Å². The lowest BCUT2D eigenvalue weighted by Gasteiger charge is -2.12. The van der Waals surface area contributed by atoms with Crippen LogP contribution in [0.25, 0.3) is 11.1 Å². The van der Waals surface area contributed by atoms with Crippen LogP contribution in [-0.4, -0.2) is 15.7 Å². The number of rotatable bonds is 7. The zero-order chi connectivity index (χ0) is 23.9. The normalized spacial score (nSPS) is 11.1. The second-order valence-electron chi connectivity index (χ2n) is 7.40. The largest absolute Gasteiger partial charge is 0.412 e. The minimum Gasteiger partial charge on any atom is -0.412 e. The van der Waals surface area contributed by atoms with Crippen LogP contribution in [0.2, 0.25) is 10.0 Å². The van der Waals surface area contributed by atoms with Crippen LogP contribution in [0.15, 0.2) is 102 Å². The molecule has 0 aromatic heterocycles. The Hall–Kier alpha value is -3.36. The fourth-order valence-electron chi connectivity index (χ4n) is 3.34. The molecule has 0 aliphatic heterocycles. The molecule has 1 atom stereocenters. The van der Waals surface area contributed by atoms with E-state index in [1.807, 2.05) is 54.6 Å². The number of hydrogen-bond donors (Lipinski definition) is 3. The molecular weight excluding hydrogens is 505 g/mol. The predicted molar refractivity (Wildman–Crippen MR) is 144 cm³/mol. The molecule has 4 rings (SSSR count). The average Bonchev–Trinajstić information content (AvgIpc) is 2.84. The van der Waals surface area contributed by atoms with Crippen LogP contribution < -0.4 is 15.4 Å². The summed E-state index contributed by atoms with van der Waals surface area (Å²) >= 11 is 12.0. The number of nitrogens with one attached hydrogen (secondary N) is 3. The van der Waals surface area contributed by atoms with Gasteiger partial charge in [-0.2, -0.15) is 0 Å². The molecule has 0 saturated heterocycles. The maximum atomic E-state index is 13.0. The highest BCUT2D eigenvalue weighted by atomic mass is 35.5. The van der Waals surface area contributed by atoms with Gasteiger partial charge in [0.05, 0.1) is 4.90 Å². The number of amides is 2. The van der Waals surface area contributed by atoms with Crippen molar-refractivity contribution < 1.29 is 14.5 Å². The fraction of sp³-hybridized carbons (Fsp3) is 0.0385. The summed E-state index contributed by atoms with van der Waals surface area (Å²) in [6, 6.07) is 29.2. The van der Waals surface area contributed by atoms with E-state index in [9.17, 15) is 9.00 Å². The first-order chi connectivity index (χ1) is 16.5. The molecule has 5 N–H and O–H groups in total. The lowest BCUT2D eigenvalue weighted by molar-refractivity contribution is 0.251. The molecule has 0 heterocycles. The van der Waals surface area contributed by atoms with Gasteiger partial charge in [-0.1, -0.05) is 71.7 Å². The molecule has 0 radical (unpaired) electrons. The van der Waals surface area contributed by atoms with E-state index in [1.165, 1.54) is 0 Å². The molecule has 0 aliphatic rings. The highest BCUT2D eigenvalue weighted by molar-refractivity contribution is 7.86. The van der Waals surface area contributed by atoms with E-state index >= 15 is 0 Å². The number of carbonyl (C=O) groups excluding carboxylic acids is 1. The van der Waals surface area contributed by atoms with Gasteiger partial charge in [0, 0.05) is 28.0 Å². The maximum absolute atomic E-state index is 13.0. The van der Waals surface area contributed by atoms with Crippen LogP contribution in [0.3, 0.4) is 0 Å². The van der Waals surface area contributed by atoms with E-state index in [0.717, 1.165) is 16.7 Å². The molecule has 35 heavy (non-hydrogen) atoms. The minimum absolute atomic E-state index is 0. The third kappa shape index (κ3) is 7.31. The van der Waals surface area contributed by atoms with Crippen molar-refractivity contribution in [2.75, 3.05) is 10.0 Å². The Kier molecular flexibility index (Phi) is 9.28. The summed E-state index contributed by atoms with van der Waals surface area (Å²) in [6.45, 7) is 0.283. The Morgan fingerprint density at radius 3 is 2.06 bits per heavy atom. The second-order valence-corrected chi connectivity index (χ2v) is 9.45. The SMILES string of the molecule is O.O=C(NCc1cc(Cl)cc(Cl)c1)Nc1ccc(NS(=O)c2ccccc2-c2ccccc2)cc1. The summed E-state index contributed by atoms with van der Waals surface area (Å²) in [5, 5.41) is 6.55. The molecule has 0 bridgehead atoms. The summed E-state index contributed by atoms with van der Waals surface area (Å²) in [5.41, 5.74) is 3.97. The molecule has 180 valence electrons. The Morgan fingerprint density at radius 2 is 1.37 bits per heavy atom. The number of benzene rings is 4. The zero-order valence-electron chi connectivity index (χ0n) is 18.4. The van der Waals surface area contributed by atoms with E-state index in [-0.39, 0.29) is 18.1 Å². The Labute approximate surface area is 216 Å². The summed E-state index contributed by atoms with van der Waals surface area (Å²) in [4.78, 5) is 12.9. The maximum Gasteiger partial charge on any atom is 0.319 e. The van der Waals surface area contributed by atoms with Crippen molar-refractivity contribution in [2.24, 2.45) is 0 Å². The third-order valence-corrected chi connectivity index (χ3v) is 6.51. The van der Waals surface area contributed by atoms with Crippen molar-refractivity contribution >= 4 is 51.6 Å². The molecule has 0 aliphatic carbocycles. The van der Waals surface area contributed by atoms with Crippen molar-refractivity contribution in [3.05, 3.63) is 113 Å². The predicted octanol–water partition coefficient (Wildman–Crippen LogP) is 6.29. The van der Waals surface area contributed by atoms with Crippen molar-refractivity contribution in [2.45, 2.75) is 11.4 Å². The zero-order valence-corrected chi connectivity index (χ0v) is 20.8. The highest BCUT2D eigenvalue weighted by Gasteiger charge is 2.11. The first kappa shape index (κ1) is 26.2. The first-order valence-electron chi connectivity index (χ1n) is 10.4. The average molecular weight is 528 g/mol. The van der Waals surface area contributed by atoms with Crippen LogP contribution in [0.1, 0.15) is 5.56 Å². The number of urea groups is 1. The molecule has 6 nitrogen and oxygen atoms in total. The van der Waals surface area contributed by atoms with Crippen molar-refractivity contribution in [1.29, 1.82) is 0 Å². The van der Waals surface area contributed by atoms with Gasteiger partial charge in [0.15, 0.2) is 11.0 Å². The molecule has 4 aromatic rings. The van der Waals surface area contributed by atoms with Crippen LogP contribution in [-0.2, 0) is 17.5 Å². The second kappa shape index (κ2) is 12.4. The van der Waals surface area contributed by atoms with Crippen molar-refractivity contribution in [3.63, 3.8) is 0 Å². The lowest BCUT2D eigenvalue weighted by Crippen LogP contribution is -2.28. The van der Waals surface area contributed by atoms with E-state index < -0.39 is 11.0 Å². The number of carbonyl (C=O) groups is 1. The van der Waals surface area contributed by atoms with Gasteiger partial charge in [-0.25, -0.2) is 9.00 Å². The summed E-state index contributed by atoms with van der Waals surface area (Å²) in [6.07, 6.45) is 0. The molecule has 2 amide bonds. The molecule has 0 saturated carbocycles. The monoisotopic (exact) mass is 527 g/mol. The number of anilines is 2. The Morgan fingerprint density at radius 1 is 0.771 bits per heavy atom. The van der Waals surface area contributed by atoms with Crippen molar-refractivity contribution in [1.82, 2.24) is 5.32 Å². The minimum atomic E-state index is -1.46. The standard InChI is InChI=1S/C26H21Cl2N3O2S.H2O/c27-20-14-18(15-21(28)16-20)17-29-26(32)30-22-10-12-23(13-11-22)31-34(33)25-9-5-4-8-24(25)19-6-2-1-3-7-19;/h1-16,31H,17H2,(H2,29,30,32);1H2. The summed E-state index contributed by atoms with van der Waals surface area (Å²) < 4.78 is 16.1. The van der Waals surface area contributed by atoms with Crippen molar-refractivity contribution in [3.8, 4) is 11.1 Å². The van der Waals surface area contributed by atoms with Crippen LogP contribution in [0.4, 0.5) is 16.2 Å². The van der Waals surface area contributed by atoms with E-state index in [1.54, 1.807) is 42.5 Å². The van der Waals surface area contributed by atoms with Gasteiger partial charge < -0.3 is 20.8 Å². The van der Waals surface area contributed by atoms with Gasteiger partial charge in [-0.05, 0) is 65.2 Å². The topological polar surface area (TPSA) is 102 Å². The number of halogens is 2. The van der Waals surface area contributed by atoms with Gasteiger partial charge in [0.1, 0.15) is 0 Å².